The van der Waals surface area contributed by atoms with Crippen molar-refractivity contribution in [1.82, 2.24) is 9.55 Å². The van der Waals surface area contributed by atoms with Crippen LogP contribution in [0, 0.1) is 0 Å². The van der Waals surface area contributed by atoms with Gasteiger partial charge < -0.3 is 0 Å². The molecule has 1 heterocycles. The second-order valence-corrected chi connectivity index (χ2v) is 8.19. The third-order valence-electron chi connectivity index (χ3n) is 3.98. The Morgan fingerprint density at radius 3 is 2.35 bits per heavy atom. The normalized spacial score (nSPS) is 11.6. The van der Waals surface area contributed by atoms with Gasteiger partial charge in [-0.1, -0.05) is 24.3 Å². The van der Waals surface area contributed by atoms with Gasteiger partial charge in [-0.25, -0.2) is 13.4 Å². The number of imidazole rings is 1. The maximum atomic E-state index is 12.6. The highest BCUT2D eigenvalue weighted by Crippen LogP contribution is 2.25. The number of hydrogen-bond donors (Lipinski definition) is 1. The van der Waals surface area contributed by atoms with E-state index < -0.39 is 10.0 Å². The van der Waals surface area contributed by atoms with Crippen LogP contribution in [0.4, 0.5) is 5.69 Å². The molecule has 5 nitrogen and oxygen atoms in total. The van der Waals surface area contributed by atoms with Crippen LogP contribution in [0.3, 0.4) is 0 Å². The number of nitrogens with one attached hydrogen (secondary N) is 1. The van der Waals surface area contributed by atoms with Crippen molar-refractivity contribution in [3.05, 3.63) is 83.6 Å². The van der Waals surface area contributed by atoms with Crippen molar-refractivity contribution in [2.45, 2.75) is 4.90 Å². The van der Waals surface area contributed by atoms with E-state index in [1.807, 2.05) is 41.0 Å². The SMILES string of the molecule is O=S(=O)(Nc1ccc(-n2cnc3ccccc32)cc1)c1ccccc1Br. The van der Waals surface area contributed by atoms with E-state index in [2.05, 4.69) is 25.6 Å². The number of hydrogen-bond acceptors (Lipinski definition) is 3. The van der Waals surface area contributed by atoms with E-state index >= 15 is 0 Å². The summed E-state index contributed by atoms with van der Waals surface area (Å²) in [6, 6.07) is 21.7. The van der Waals surface area contributed by atoms with Gasteiger partial charge in [0.05, 0.1) is 11.0 Å². The molecule has 4 rings (SSSR count). The van der Waals surface area contributed by atoms with Crippen molar-refractivity contribution in [3.8, 4) is 5.69 Å². The first-order chi connectivity index (χ1) is 12.5. The van der Waals surface area contributed by atoms with E-state index in [1.165, 1.54) is 0 Å². The molecule has 4 aromatic rings. The van der Waals surface area contributed by atoms with E-state index in [0.29, 0.717) is 10.2 Å². The van der Waals surface area contributed by atoms with Crippen molar-refractivity contribution < 1.29 is 8.42 Å². The summed E-state index contributed by atoms with van der Waals surface area (Å²) in [7, 11) is -3.66. The minimum Gasteiger partial charge on any atom is -0.299 e. The van der Waals surface area contributed by atoms with E-state index in [4.69, 9.17) is 0 Å². The summed E-state index contributed by atoms with van der Waals surface area (Å²) < 4.78 is 30.2. The Labute approximate surface area is 159 Å². The first kappa shape index (κ1) is 16.8. The lowest BCUT2D eigenvalue weighted by Crippen LogP contribution is -2.13. The lowest BCUT2D eigenvalue weighted by atomic mass is 10.2. The molecule has 0 unspecified atom stereocenters. The molecule has 0 bridgehead atoms. The number of halogens is 1. The van der Waals surface area contributed by atoms with E-state index in [1.54, 1.807) is 42.7 Å². The van der Waals surface area contributed by atoms with Crippen LogP contribution in [0.15, 0.2) is 88.5 Å². The lowest BCUT2D eigenvalue weighted by Gasteiger charge is -2.10. The number of anilines is 1. The van der Waals surface area contributed by atoms with Gasteiger partial charge in [-0.2, -0.15) is 0 Å². The van der Waals surface area contributed by atoms with Gasteiger partial charge in [-0.3, -0.25) is 9.29 Å². The van der Waals surface area contributed by atoms with Gasteiger partial charge in [0.2, 0.25) is 0 Å². The van der Waals surface area contributed by atoms with Crippen molar-refractivity contribution in [2.75, 3.05) is 4.72 Å². The number of fused-ring (bicyclic) bond motifs is 1. The monoisotopic (exact) mass is 427 g/mol. The molecule has 0 radical (unpaired) electrons. The van der Waals surface area contributed by atoms with Crippen LogP contribution >= 0.6 is 15.9 Å². The summed E-state index contributed by atoms with van der Waals surface area (Å²) >= 11 is 3.28. The zero-order chi connectivity index (χ0) is 18.1. The molecule has 0 aliphatic heterocycles. The number of aromatic nitrogens is 2. The van der Waals surface area contributed by atoms with Crippen molar-refractivity contribution >= 4 is 42.7 Å². The van der Waals surface area contributed by atoms with Crippen LogP contribution in [-0.2, 0) is 10.0 Å². The summed E-state index contributed by atoms with van der Waals surface area (Å²) in [5, 5.41) is 0. The Bertz CT molecular complexity index is 1180. The molecule has 26 heavy (non-hydrogen) atoms. The molecule has 0 aliphatic rings. The number of sulfonamides is 1. The third-order valence-corrected chi connectivity index (χ3v) is 6.37. The zero-order valence-corrected chi connectivity index (χ0v) is 15.9. The molecule has 3 aromatic carbocycles. The van der Waals surface area contributed by atoms with Gasteiger partial charge >= 0.3 is 0 Å². The van der Waals surface area contributed by atoms with Crippen LogP contribution in [-0.4, -0.2) is 18.0 Å². The smallest absolute Gasteiger partial charge is 0.263 e. The molecular formula is C19H14BrN3O2S. The highest BCUT2D eigenvalue weighted by atomic mass is 79.9. The third kappa shape index (κ3) is 3.11. The topological polar surface area (TPSA) is 64.0 Å². The fourth-order valence-corrected chi connectivity index (χ4v) is 4.79. The average molecular weight is 428 g/mol. The molecule has 1 aromatic heterocycles. The van der Waals surface area contributed by atoms with Crippen molar-refractivity contribution in [1.29, 1.82) is 0 Å². The molecule has 1 N–H and O–H groups in total. The summed E-state index contributed by atoms with van der Waals surface area (Å²) in [6.45, 7) is 0. The van der Waals surface area contributed by atoms with Gasteiger partial charge in [-0.05, 0) is 64.5 Å². The molecular weight excluding hydrogens is 414 g/mol. The molecule has 0 saturated heterocycles. The highest BCUT2D eigenvalue weighted by Gasteiger charge is 2.17. The lowest BCUT2D eigenvalue weighted by molar-refractivity contribution is 0.601. The van der Waals surface area contributed by atoms with Crippen molar-refractivity contribution in [2.24, 2.45) is 0 Å². The Balaban J connectivity index is 1.63. The molecule has 0 atom stereocenters. The number of nitrogens with zero attached hydrogens (tertiary/aromatic N) is 2. The predicted molar refractivity (Wildman–Crippen MR) is 106 cm³/mol. The first-order valence-corrected chi connectivity index (χ1v) is 10.1. The van der Waals surface area contributed by atoms with Gasteiger partial charge in [0.1, 0.15) is 11.2 Å². The van der Waals surface area contributed by atoms with E-state index in [9.17, 15) is 8.42 Å². The van der Waals surface area contributed by atoms with Gasteiger partial charge in [0.25, 0.3) is 10.0 Å². The van der Waals surface area contributed by atoms with E-state index in [-0.39, 0.29) is 4.90 Å². The summed E-state index contributed by atoms with van der Waals surface area (Å²) in [5.74, 6) is 0. The molecule has 0 spiro atoms. The first-order valence-electron chi connectivity index (χ1n) is 7.84. The largest absolute Gasteiger partial charge is 0.299 e. The number of rotatable bonds is 4. The fourth-order valence-electron chi connectivity index (χ4n) is 2.73. The summed E-state index contributed by atoms with van der Waals surface area (Å²) in [6.07, 6.45) is 1.75. The van der Waals surface area contributed by atoms with Crippen LogP contribution in [0.1, 0.15) is 0 Å². The maximum absolute atomic E-state index is 12.6. The Kier molecular flexibility index (Phi) is 4.26. The van der Waals surface area contributed by atoms with Gasteiger partial charge in [-0.15, -0.1) is 0 Å². The molecule has 0 saturated carbocycles. The minimum atomic E-state index is -3.66. The second-order valence-electron chi connectivity index (χ2n) is 5.69. The van der Waals surface area contributed by atoms with Gasteiger partial charge in [0.15, 0.2) is 0 Å². The fraction of sp³-hybridized carbons (Fsp3) is 0. The van der Waals surface area contributed by atoms with Crippen molar-refractivity contribution in [3.63, 3.8) is 0 Å². The summed E-state index contributed by atoms with van der Waals surface area (Å²) in [4.78, 5) is 4.57. The minimum absolute atomic E-state index is 0.199. The number of para-hydroxylation sites is 2. The highest BCUT2D eigenvalue weighted by molar-refractivity contribution is 9.10. The molecule has 0 amide bonds. The van der Waals surface area contributed by atoms with Crippen LogP contribution < -0.4 is 4.72 Å². The molecule has 0 aliphatic carbocycles. The van der Waals surface area contributed by atoms with Crippen LogP contribution in [0.2, 0.25) is 0 Å². The van der Waals surface area contributed by atoms with Gasteiger partial charge in [0, 0.05) is 15.8 Å². The van der Waals surface area contributed by atoms with E-state index in [0.717, 1.165) is 16.7 Å². The number of benzene rings is 3. The Hall–Kier alpha value is -2.64. The predicted octanol–water partition coefficient (Wildman–Crippen LogP) is 4.59. The average Bonchev–Trinajstić information content (AvgIpc) is 3.06. The second kappa shape index (κ2) is 6.59. The quantitative estimate of drug-likeness (QED) is 0.517. The molecule has 0 fully saturated rings. The molecule has 130 valence electrons. The zero-order valence-electron chi connectivity index (χ0n) is 13.5. The standard InChI is InChI=1S/C19H14BrN3O2S/c20-16-5-1-4-8-19(16)26(24,25)22-14-9-11-15(12-10-14)23-13-21-17-6-2-3-7-18(17)23/h1-13,22H. The Morgan fingerprint density at radius 1 is 0.885 bits per heavy atom. The molecule has 7 heteroatoms. The maximum Gasteiger partial charge on any atom is 0.263 e. The van der Waals surface area contributed by atoms with Crippen LogP contribution in [0.5, 0.6) is 0 Å². The summed E-state index contributed by atoms with van der Waals surface area (Å²) in [5.41, 5.74) is 3.30. The Morgan fingerprint density at radius 2 is 1.58 bits per heavy atom. The van der Waals surface area contributed by atoms with Crippen LogP contribution in [0.25, 0.3) is 16.7 Å².